The normalized spacial score (nSPS) is 10.5. The molecule has 94 valence electrons. The summed E-state index contributed by atoms with van der Waals surface area (Å²) in [4.78, 5) is 11.9. The van der Waals surface area contributed by atoms with Gasteiger partial charge < -0.3 is 5.73 Å². The molecule has 0 fully saturated rings. The fourth-order valence-corrected chi connectivity index (χ4v) is 1.61. The molecule has 0 aromatic heterocycles. The van der Waals surface area contributed by atoms with E-state index < -0.39 is 0 Å². The molecular weight excluding hydrogens is 202 g/mol. The van der Waals surface area contributed by atoms with Crippen LogP contribution in [0.4, 0.5) is 0 Å². The van der Waals surface area contributed by atoms with E-state index >= 15 is 0 Å². The predicted octanol–water partition coefficient (Wildman–Crippen LogP) is 1.39. The second-order valence-corrected chi connectivity index (χ2v) is 3.76. The molecule has 0 atom stereocenters. The van der Waals surface area contributed by atoms with E-state index in [1.807, 2.05) is 11.1 Å². The van der Waals surface area contributed by atoms with Crippen LogP contribution in [0.15, 0.2) is 12.7 Å². The van der Waals surface area contributed by atoms with Gasteiger partial charge in [0.15, 0.2) is 0 Å². The molecule has 0 spiro atoms. The van der Waals surface area contributed by atoms with Gasteiger partial charge in [-0.25, -0.2) is 5.01 Å². The van der Waals surface area contributed by atoms with Crippen LogP contribution in [0.2, 0.25) is 0 Å². The zero-order chi connectivity index (χ0) is 12.4. The number of nitrogens with two attached hydrogens (primary N) is 1. The Kier molecular flexibility index (Phi) is 8.85. The number of carbonyl (C=O) groups is 1. The number of rotatable bonds is 9. The van der Waals surface area contributed by atoms with Gasteiger partial charge in [0.25, 0.3) is 0 Å². The van der Waals surface area contributed by atoms with Crippen LogP contribution < -0.4 is 5.73 Å². The number of hydrazine groups is 1. The molecule has 0 aromatic rings. The molecule has 0 saturated heterocycles. The Morgan fingerprint density at radius 3 is 2.38 bits per heavy atom. The van der Waals surface area contributed by atoms with Crippen molar-refractivity contribution in [3.05, 3.63) is 12.7 Å². The van der Waals surface area contributed by atoms with E-state index in [9.17, 15) is 4.79 Å². The van der Waals surface area contributed by atoms with Crippen molar-refractivity contribution >= 4 is 5.91 Å². The molecular formula is C12H25N3O. The minimum Gasteiger partial charge on any atom is -0.330 e. The minimum absolute atomic E-state index is 0.111. The molecule has 0 aliphatic rings. The van der Waals surface area contributed by atoms with E-state index in [1.54, 1.807) is 0 Å². The Morgan fingerprint density at radius 2 is 1.94 bits per heavy atom. The fourth-order valence-electron chi connectivity index (χ4n) is 1.61. The first kappa shape index (κ1) is 15.1. The van der Waals surface area contributed by atoms with E-state index in [2.05, 4.69) is 25.4 Å². The fraction of sp³-hybridized carbons (Fsp3) is 0.750. The molecule has 0 unspecified atom stereocenters. The Bertz CT molecular complexity index is 206. The van der Waals surface area contributed by atoms with Crippen molar-refractivity contribution in [2.45, 2.75) is 33.1 Å². The molecule has 4 heteroatoms. The highest BCUT2D eigenvalue weighted by Crippen LogP contribution is 2.04. The lowest BCUT2D eigenvalue weighted by Crippen LogP contribution is -2.47. The standard InChI is InChI=1S/C12H25N3O/c1-4-9-14(10-5-2)15(11-6-3)12(16)7-8-13/h4H,1,5-11,13H2,2-3H3. The molecule has 0 bridgehead atoms. The molecule has 16 heavy (non-hydrogen) atoms. The molecule has 0 rings (SSSR count). The third-order valence-electron chi connectivity index (χ3n) is 2.24. The molecule has 1 amide bonds. The van der Waals surface area contributed by atoms with Crippen LogP contribution in [0.3, 0.4) is 0 Å². The van der Waals surface area contributed by atoms with Gasteiger partial charge in [-0.3, -0.25) is 9.80 Å². The van der Waals surface area contributed by atoms with E-state index in [0.29, 0.717) is 19.5 Å². The highest BCUT2D eigenvalue weighted by atomic mass is 16.2. The summed E-state index contributed by atoms with van der Waals surface area (Å²) in [7, 11) is 0. The quantitative estimate of drug-likeness (QED) is 0.478. The highest BCUT2D eigenvalue weighted by Gasteiger charge is 2.18. The molecule has 0 aliphatic heterocycles. The lowest BCUT2D eigenvalue weighted by molar-refractivity contribution is -0.148. The lowest BCUT2D eigenvalue weighted by atomic mass is 10.3. The van der Waals surface area contributed by atoms with Crippen LogP contribution >= 0.6 is 0 Å². The van der Waals surface area contributed by atoms with Gasteiger partial charge in [0.05, 0.1) is 0 Å². The largest absolute Gasteiger partial charge is 0.330 e. The van der Waals surface area contributed by atoms with Gasteiger partial charge in [-0.1, -0.05) is 19.9 Å². The van der Waals surface area contributed by atoms with Crippen molar-refractivity contribution < 1.29 is 4.79 Å². The van der Waals surface area contributed by atoms with Crippen molar-refractivity contribution in [1.29, 1.82) is 0 Å². The second kappa shape index (κ2) is 9.36. The monoisotopic (exact) mass is 227 g/mol. The van der Waals surface area contributed by atoms with Gasteiger partial charge in [-0.15, -0.1) is 6.58 Å². The van der Waals surface area contributed by atoms with Crippen LogP contribution in [-0.2, 0) is 4.79 Å². The third kappa shape index (κ3) is 5.28. The summed E-state index contributed by atoms with van der Waals surface area (Å²) in [5, 5.41) is 3.87. The summed E-state index contributed by atoms with van der Waals surface area (Å²) in [6.45, 7) is 10.7. The van der Waals surface area contributed by atoms with Gasteiger partial charge in [0.1, 0.15) is 0 Å². The van der Waals surface area contributed by atoms with Gasteiger partial charge >= 0.3 is 0 Å². The first-order valence-corrected chi connectivity index (χ1v) is 6.07. The average molecular weight is 227 g/mol. The van der Waals surface area contributed by atoms with E-state index in [4.69, 9.17) is 5.73 Å². The first-order chi connectivity index (χ1) is 7.71. The van der Waals surface area contributed by atoms with Crippen molar-refractivity contribution in [1.82, 2.24) is 10.0 Å². The predicted molar refractivity (Wildman–Crippen MR) is 67.7 cm³/mol. The summed E-state index contributed by atoms with van der Waals surface area (Å²) >= 11 is 0. The topological polar surface area (TPSA) is 49.6 Å². The van der Waals surface area contributed by atoms with Gasteiger partial charge in [0, 0.05) is 32.6 Å². The maximum atomic E-state index is 11.9. The lowest BCUT2D eigenvalue weighted by Gasteiger charge is -2.34. The number of carbonyl (C=O) groups excluding carboxylic acids is 1. The van der Waals surface area contributed by atoms with Gasteiger partial charge in [0.2, 0.25) is 5.91 Å². The zero-order valence-corrected chi connectivity index (χ0v) is 10.6. The minimum atomic E-state index is 0.111. The van der Waals surface area contributed by atoms with Gasteiger partial charge in [-0.05, 0) is 12.8 Å². The van der Waals surface area contributed by atoms with Gasteiger partial charge in [-0.2, -0.15) is 0 Å². The van der Waals surface area contributed by atoms with Crippen LogP contribution in [0, 0.1) is 0 Å². The number of nitrogens with zero attached hydrogens (tertiary/aromatic N) is 2. The Morgan fingerprint density at radius 1 is 1.31 bits per heavy atom. The summed E-state index contributed by atoms with van der Waals surface area (Å²) in [6, 6.07) is 0. The summed E-state index contributed by atoms with van der Waals surface area (Å²) < 4.78 is 0. The number of hydrogen-bond acceptors (Lipinski definition) is 3. The van der Waals surface area contributed by atoms with Crippen molar-refractivity contribution in [2.75, 3.05) is 26.2 Å². The maximum Gasteiger partial charge on any atom is 0.238 e. The molecule has 2 N–H and O–H groups in total. The molecule has 0 aliphatic carbocycles. The van der Waals surface area contributed by atoms with Crippen LogP contribution in [0.25, 0.3) is 0 Å². The SMILES string of the molecule is C=CCN(CCC)N(CCC)C(=O)CCN. The van der Waals surface area contributed by atoms with Crippen molar-refractivity contribution in [3.63, 3.8) is 0 Å². The summed E-state index contributed by atoms with van der Waals surface area (Å²) in [5.41, 5.74) is 5.43. The third-order valence-corrected chi connectivity index (χ3v) is 2.24. The number of amides is 1. The van der Waals surface area contributed by atoms with Crippen LogP contribution in [0.1, 0.15) is 33.1 Å². The average Bonchev–Trinajstić information content (AvgIpc) is 2.26. The summed E-state index contributed by atoms with van der Waals surface area (Å²) in [5.74, 6) is 0.111. The Hall–Kier alpha value is -0.870. The van der Waals surface area contributed by atoms with E-state index in [0.717, 1.165) is 25.9 Å². The molecule has 0 aromatic carbocycles. The Labute approximate surface area is 99.1 Å². The van der Waals surface area contributed by atoms with Crippen molar-refractivity contribution in [2.24, 2.45) is 5.73 Å². The smallest absolute Gasteiger partial charge is 0.238 e. The second-order valence-electron chi connectivity index (χ2n) is 3.76. The van der Waals surface area contributed by atoms with Crippen molar-refractivity contribution in [3.8, 4) is 0 Å². The first-order valence-electron chi connectivity index (χ1n) is 6.07. The van der Waals surface area contributed by atoms with E-state index in [1.165, 1.54) is 0 Å². The van der Waals surface area contributed by atoms with Crippen LogP contribution in [0.5, 0.6) is 0 Å². The maximum absolute atomic E-state index is 11.9. The number of hydrogen-bond donors (Lipinski definition) is 1. The Balaban J connectivity index is 4.53. The summed E-state index contributed by atoms with van der Waals surface area (Å²) in [6.07, 6.45) is 4.21. The van der Waals surface area contributed by atoms with E-state index in [-0.39, 0.29) is 5.91 Å². The molecule has 4 nitrogen and oxygen atoms in total. The molecule has 0 radical (unpaired) electrons. The molecule has 0 saturated carbocycles. The van der Waals surface area contributed by atoms with Crippen LogP contribution in [-0.4, -0.2) is 42.1 Å². The molecule has 0 heterocycles. The highest BCUT2D eigenvalue weighted by molar-refractivity contribution is 5.75. The zero-order valence-electron chi connectivity index (χ0n) is 10.6.